The SMILES string of the molecule is C1=CCCC(c2nc(-c3ccccc3)nc(-c3ccc4nc(-c5cccc(-c6ccc7c(c6)c6ccccc6n7-c6ccc7ocnc7c6)c5)sc4c3)n2)=C1. The van der Waals surface area contributed by atoms with Crippen molar-refractivity contribution in [2.45, 2.75) is 12.8 Å². The molecule has 7 nitrogen and oxygen atoms in total. The van der Waals surface area contributed by atoms with Gasteiger partial charge in [0.05, 0.1) is 21.3 Å². The van der Waals surface area contributed by atoms with Gasteiger partial charge in [-0.2, -0.15) is 0 Å². The van der Waals surface area contributed by atoms with Crippen LogP contribution in [0.25, 0.3) is 98.9 Å². The molecule has 6 aromatic carbocycles. The Morgan fingerprint density at radius 3 is 2.25 bits per heavy atom. The van der Waals surface area contributed by atoms with Gasteiger partial charge in [0, 0.05) is 33.2 Å². The third-order valence-electron chi connectivity index (χ3n) is 10.3. The van der Waals surface area contributed by atoms with E-state index in [1.165, 1.54) is 17.2 Å². The smallest absolute Gasteiger partial charge is 0.181 e. The number of allylic oxidation sites excluding steroid dienone is 4. The number of hydrogen-bond acceptors (Lipinski definition) is 7. The lowest BCUT2D eigenvalue weighted by Crippen LogP contribution is -2.03. The summed E-state index contributed by atoms with van der Waals surface area (Å²) in [5.41, 5.74) is 12.3. The molecule has 0 aliphatic heterocycles. The first-order valence-corrected chi connectivity index (χ1v) is 19.1. The number of nitrogens with zero attached hydrogens (tertiary/aromatic N) is 6. The molecule has 0 amide bonds. The number of rotatable bonds is 6. The molecule has 1 aliphatic rings. The average Bonchev–Trinajstić information content (AvgIpc) is 3.99. The fourth-order valence-corrected chi connectivity index (χ4v) is 8.59. The van der Waals surface area contributed by atoms with Crippen molar-refractivity contribution < 1.29 is 4.42 Å². The van der Waals surface area contributed by atoms with Crippen LogP contribution >= 0.6 is 11.3 Å². The topological polar surface area (TPSA) is 82.5 Å². The Morgan fingerprint density at radius 2 is 1.35 bits per heavy atom. The molecule has 1 aliphatic carbocycles. The van der Waals surface area contributed by atoms with E-state index >= 15 is 0 Å². The van der Waals surface area contributed by atoms with Crippen LogP contribution in [0.2, 0.25) is 0 Å². The van der Waals surface area contributed by atoms with Gasteiger partial charge in [-0.15, -0.1) is 11.3 Å². The van der Waals surface area contributed by atoms with Crippen LogP contribution in [0.1, 0.15) is 18.7 Å². The summed E-state index contributed by atoms with van der Waals surface area (Å²) in [6.45, 7) is 0. The summed E-state index contributed by atoms with van der Waals surface area (Å²) in [5.74, 6) is 2.06. The fraction of sp³-hybridized carbons (Fsp3) is 0.0426. The van der Waals surface area contributed by atoms with Crippen LogP contribution in [0, 0.1) is 0 Å². The number of aromatic nitrogens is 6. The van der Waals surface area contributed by atoms with Crippen LogP contribution in [-0.2, 0) is 0 Å². The summed E-state index contributed by atoms with van der Waals surface area (Å²) in [4.78, 5) is 24.4. The maximum absolute atomic E-state index is 5.52. The lowest BCUT2D eigenvalue weighted by atomic mass is 10.0. The van der Waals surface area contributed by atoms with Crippen molar-refractivity contribution in [1.82, 2.24) is 29.5 Å². The summed E-state index contributed by atoms with van der Waals surface area (Å²) >= 11 is 1.68. The van der Waals surface area contributed by atoms with Gasteiger partial charge in [-0.1, -0.05) is 91.0 Å². The van der Waals surface area contributed by atoms with E-state index in [1.54, 1.807) is 11.3 Å². The molecule has 260 valence electrons. The molecule has 4 heterocycles. The van der Waals surface area contributed by atoms with Crippen molar-refractivity contribution >= 4 is 60.0 Å². The third kappa shape index (κ3) is 5.54. The highest BCUT2D eigenvalue weighted by Crippen LogP contribution is 2.38. The Balaban J connectivity index is 0.962. The minimum absolute atomic E-state index is 0.661. The highest BCUT2D eigenvalue weighted by atomic mass is 32.1. The fourth-order valence-electron chi connectivity index (χ4n) is 7.59. The minimum atomic E-state index is 0.661. The van der Waals surface area contributed by atoms with Gasteiger partial charge in [-0.05, 0) is 90.2 Å². The molecule has 10 aromatic rings. The van der Waals surface area contributed by atoms with E-state index in [0.29, 0.717) is 11.6 Å². The quantitative estimate of drug-likeness (QED) is 0.170. The van der Waals surface area contributed by atoms with E-state index in [-0.39, 0.29) is 0 Å². The molecule has 0 saturated heterocycles. The lowest BCUT2D eigenvalue weighted by Gasteiger charge is -2.11. The van der Waals surface area contributed by atoms with Crippen molar-refractivity contribution in [3.63, 3.8) is 0 Å². The number of fused-ring (bicyclic) bond motifs is 5. The summed E-state index contributed by atoms with van der Waals surface area (Å²) < 4.78 is 8.91. The van der Waals surface area contributed by atoms with E-state index < -0.39 is 0 Å². The van der Waals surface area contributed by atoms with E-state index in [2.05, 4.69) is 125 Å². The Morgan fingerprint density at radius 1 is 0.564 bits per heavy atom. The number of benzene rings is 6. The molecule has 0 radical (unpaired) electrons. The monoisotopic (exact) mass is 726 g/mol. The molecule has 11 rings (SSSR count). The Bertz CT molecular complexity index is 3170. The molecule has 0 unspecified atom stereocenters. The van der Waals surface area contributed by atoms with E-state index in [4.69, 9.17) is 24.4 Å². The van der Waals surface area contributed by atoms with Crippen LogP contribution in [0.15, 0.2) is 162 Å². The molecule has 0 N–H and O–H groups in total. The summed E-state index contributed by atoms with van der Waals surface area (Å²) in [6.07, 6.45) is 9.76. The van der Waals surface area contributed by atoms with Crippen LogP contribution in [0.3, 0.4) is 0 Å². The van der Waals surface area contributed by atoms with Gasteiger partial charge >= 0.3 is 0 Å². The Labute approximate surface area is 319 Å². The van der Waals surface area contributed by atoms with Crippen molar-refractivity contribution in [2.75, 3.05) is 0 Å². The largest absolute Gasteiger partial charge is 0.443 e. The summed E-state index contributed by atoms with van der Waals surface area (Å²) in [6, 6.07) is 46.6. The normalized spacial score (nSPS) is 13.0. The Kier molecular flexibility index (Phi) is 7.34. The summed E-state index contributed by atoms with van der Waals surface area (Å²) in [5, 5.41) is 3.36. The Hall–Kier alpha value is -7.03. The molecule has 0 spiro atoms. The lowest BCUT2D eigenvalue weighted by molar-refractivity contribution is 0.602. The summed E-state index contributed by atoms with van der Waals surface area (Å²) in [7, 11) is 0. The molecular weight excluding hydrogens is 697 g/mol. The van der Waals surface area contributed by atoms with Crippen molar-refractivity contribution in [3.05, 3.63) is 164 Å². The number of thiazole rings is 1. The van der Waals surface area contributed by atoms with Gasteiger partial charge in [0.25, 0.3) is 0 Å². The van der Waals surface area contributed by atoms with Crippen LogP contribution in [0.5, 0.6) is 0 Å². The van der Waals surface area contributed by atoms with E-state index in [9.17, 15) is 0 Å². The maximum Gasteiger partial charge on any atom is 0.181 e. The van der Waals surface area contributed by atoms with Gasteiger partial charge in [0.15, 0.2) is 29.4 Å². The van der Waals surface area contributed by atoms with Crippen molar-refractivity contribution in [3.8, 4) is 50.2 Å². The second-order valence-electron chi connectivity index (χ2n) is 13.7. The molecule has 0 atom stereocenters. The van der Waals surface area contributed by atoms with Crippen LogP contribution in [0.4, 0.5) is 0 Å². The highest BCUT2D eigenvalue weighted by molar-refractivity contribution is 7.21. The minimum Gasteiger partial charge on any atom is -0.443 e. The first-order chi connectivity index (χ1) is 27.2. The molecule has 4 aromatic heterocycles. The van der Waals surface area contributed by atoms with E-state index in [0.717, 1.165) is 95.1 Å². The van der Waals surface area contributed by atoms with Crippen LogP contribution < -0.4 is 0 Å². The van der Waals surface area contributed by atoms with Gasteiger partial charge in [-0.25, -0.2) is 24.9 Å². The van der Waals surface area contributed by atoms with Crippen LogP contribution in [-0.4, -0.2) is 29.5 Å². The standard InChI is InChI=1S/C47H30N6OS/c1-3-10-29(11-4-1)44-50-45(30-12-5-2-6-13-30)52-46(51-44)33-18-21-38-43(26-33)55-47(49-38)34-15-9-14-31(24-34)32-19-22-41-37(25-32)36-16-7-8-17-40(36)53(41)35-20-23-42-39(27-35)48-28-54-42/h1-5,7-12,14-28H,6,13H2. The second kappa shape index (κ2) is 12.8. The number of para-hydroxylation sites is 1. The zero-order valence-electron chi connectivity index (χ0n) is 29.4. The maximum atomic E-state index is 5.52. The van der Waals surface area contributed by atoms with Crippen molar-refractivity contribution in [2.24, 2.45) is 0 Å². The predicted molar refractivity (Wildman–Crippen MR) is 223 cm³/mol. The number of hydrogen-bond donors (Lipinski definition) is 0. The first kappa shape index (κ1) is 31.5. The highest BCUT2D eigenvalue weighted by Gasteiger charge is 2.17. The van der Waals surface area contributed by atoms with Gasteiger partial charge in [0.2, 0.25) is 0 Å². The predicted octanol–water partition coefficient (Wildman–Crippen LogP) is 12.1. The van der Waals surface area contributed by atoms with Crippen molar-refractivity contribution in [1.29, 1.82) is 0 Å². The zero-order valence-corrected chi connectivity index (χ0v) is 30.2. The third-order valence-corrected chi connectivity index (χ3v) is 11.4. The van der Waals surface area contributed by atoms with Gasteiger partial charge in [0.1, 0.15) is 10.5 Å². The van der Waals surface area contributed by atoms with Gasteiger partial charge in [-0.3, -0.25) is 0 Å². The number of oxazole rings is 1. The van der Waals surface area contributed by atoms with E-state index in [1.807, 2.05) is 36.4 Å². The molecule has 0 fully saturated rings. The molecule has 0 saturated carbocycles. The molecule has 8 heteroatoms. The molecule has 55 heavy (non-hydrogen) atoms. The molecule has 0 bridgehead atoms. The second-order valence-corrected chi connectivity index (χ2v) is 14.7. The zero-order chi connectivity index (χ0) is 36.3. The first-order valence-electron chi connectivity index (χ1n) is 18.3. The average molecular weight is 727 g/mol. The van der Waals surface area contributed by atoms with Gasteiger partial charge < -0.3 is 8.98 Å². The molecular formula is C47H30N6OS.